The molecule has 0 aromatic heterocycles. The van der Waals surface area contributed by atoms with Crippen LogP contribution >= 0.6 is 7.26 Å². The van der Waals surface area contributed by atoms with Gasteiger partial charge in [-0.05, 0) is 0 Å². The number of aryl methyl sites for hydroxylation is 1. The Kier molecular flexibility index (Phi) is 20.9. The van der Waals surface area contributed by atoms with Gasteiger partial charge in [0.1, 0.15) is 0 Å². The van der Waals surface area contributed by atoms with E-state index >= 15 is 0 Å². The van der Waals surface area contributed by atoms with Crippen molar-refractivity contribution in [3.63, 3.8) is 0 Å². The third-order valence-electron chi connectivity index (χ3n) is 8.52. The molecule has 0 bridgehead atoms. The van der Waals surface area contributed by atoms with Gasteiger partial charge in [-0.15, -0.1) is 0 Å². The molecule has 0 aliphatic rings. The summed E-state index contributed by atoms with van der Waals surface area (Å²) in [6.07, 6.45) is 29.4. The van der Waals surface area contributed by atoms with Crippen molar-refractivity contribution in [3.8, 4) is 5.75 Å². The molecular formula is C34H63O3P. The van der Waals surface area contributed by atoms with E-state index in [4.69, 9.17) is 5.11 Å². The predicted molar refractivity (Wildman–Crippen MR) is 171 cm³/mol. The molecule has 0 heterocycles. The Morgan fingerprint density at radius 1 is 0.632 bits per heavy atom. The first kappa shape index (κ1) is 34.9. The number of unbranched alkanes of at least 4 members (excludes halogenated alkanes) is 15. The molecule has 1 aromatic rings. The van der Waals surface area contributed by atoms with Crippen LogP contribution in [0.2, 0.25) is 0 Å². The fourth-order valence-electron chi connectivity index (χ4n) is 6.12. The predicted octanol–water partition coefficient (Wildman–Crippen LogP) is 10.3. The minimum atomic E-state index is -1.88. The van der Waals surface area contributed by atoms with Crippen molar-refractivity contribution in [2.75, 3.05) is 18.5 Å². The summed E-state index contributed by atoms with van der Waals surface area (Å²) in [5, 5.41) is 21.6. The second-order valence-electron chi connectivity index (χ2n) is 11.9. The number of rotatable bonds is 26. The Morgan fingerprint density at radius 2 is 1.05 bits per heavy atom. The number of hydrogen-bond acceptors (Lipinski definition) is 2. The van der Waals surface area contributed by atoms with Crippen molar-refractivity contribution >= 4 is 18.5 Å². The maximum atomic E-state index is 11.2. The molecule has 0 saturated heterocycles. The number of aromatic hydroxyl groups is 1. The summed E-state index contributed by atoms with van der Waals surface area (Å²) in [5.74, 6) is -0.205. The van der Waals surface area contributed by atoms with Crippen molar-refractivity contribution < 1.29 is 15.0 Å². The molecule has 0 amide bonds. The average Bonchev–Trinajstić information content (AvgIpc) is 2.90. The summed E-state index contributed by atoms with van der Waals surface area (Å²) < 4.78 is 0. The molecule has 2 N–H and O–H groups in total. The van der Waals surface area contributed by atoms with Gasteiger partial charge >= 0.3 is 237 Å². The van der Waals surface area contributed by atoms with Gasteiger partial charge in [0.05, 0.1) is 0 Å². The molecule has 0 aliphatic heterocycles. The van der Waals surface area contributed by atoms with Crippen LogP contribution in [0.15, 0.2) is 18.2 Å². The van der Waals surface area contributed by atoms with Crippen LogP contribution in [0.1, 0.15) is 155 Å². The normalized spacial score (nSPS) is 12.2. The van der Waals surface area contributed by atoms with E-state index < -0.39 is 13.2 Å². The average molecular weight is 551 g/mol. The standard InChI is InChI=1S/C34H63O3P/c1-4-7-10-13-16-19-27-38(28-20-17-14-11-8-5-2,29-21-18-15-12-9-6-3)33-30-31(25-26-32(33)35)23-22-24-34(36)37/h25-26,30,35,38H,4-24,27-29H2,1-3H3,(H,36,37). The van der Waals surface area contributed by atoms with Crippen molar-refractivity contribution in [2.45, 2.75) is 156 Å². The van der Waals surface area contributed by atoms with Gasteiger partial charge in [0.25, 0.3) is 0 Å². The Balaban J connectivity index is 3.10. The second kappa shape index (κ2) is 22.7. The van der Waals surface area contributed by atoms with Gasteiger partial charge in [-0.1, -0.05) is 0 Å². The Labute approximate surface area is 236 Å². The van der Waals surface area contributed by atoms with Crippen LogP contribution in [0.25, 0.3) is 0 Å². The summed E-state index contributed by atoms with van der Waals surface area (Å²) in [6.45, 7) is 6.85. The maximum absolute atomic E-state index is 11.2. The van der Waals surface area contributed by atoms with Gasteiger partial charge in [0.15, 0.2) is 0 Å². The fraction of sp³-hybridized carbons (Fsp3) is 0.794. The Bertz CT molecular complexity index is 677. The van der Waals surface area contributed by atoms with Crippen molar-refractivity contribution in [3.05, 3.63) is 23.8 Å². The topological polar surface area (TPSA) is 57.5 Å². The first-order valence-electron chi connectivity index (χ1n) is 16.5. The molecule has 0 unspecified atom stereocenters. The summed E-state index contributed by atoms with van der Waals surface area (Å²) in [6, 6.07) is 6.27. The quantitative estimate of drug-likeness (QED) is 0.0891. The second-order valence-corrected chi connectivity index (χ2v) is 16.5. The van der Waals surface area contributed by atoms with Crippen LogP contribution in [0.4, 0.5) is 0 Å². The van der Waals surface area contributed by atoms with E-state index in [1.165, 1.54) is 145 Å². The monoisotopic (exact) mass is 550 g/mol. The van der Waals surface area contributed by atoms with E-state index in [1.54, 1.807) is 0 Å². The molecule has 3 nitrogen and oxygen atoms in total. The zero-order valence-electron chi connectivity index (χ0n) is 25.5. The molecule has 38 heavy (non-hydrogen) atoms. The van der Waals surface area contributed by atoms with Gasteiger partial charge in [0, 0.05) is 0 Å². The number of phenols is 1. The van der Waals surface area contributed by atoms with Crippen LogP contribution in [-0.4, -0.2) is 34.7 Å². The molecular weight excluding hydrogens is 487 g/mol. The molecule has 0 aliphatic carbocycles. The molecule has 0 atom stereocenters. The summed E-state index contributed by atoms with van der Waals surface area (Å²) in [5.41, 5.74) is 1.21. The van der Waals surface area contributed by atoms with Crippen LogP contribution in [0.3, 0.4) is 0 Å². The number of carboxylic acids is 1. The van der Waals surface area contributed by atoms with E-state index in [2.05, 4.69) is 26.8 Å². The SMILES string of the molecule is CCCCCCCC[PH](CCCCCCCC)(CCCCCCCC)c1cc(CCCC(=O)O)ccc1O. The first-order chi connectivity index (χ1) is 18.5. The number of phenolic OH excluding ortho intramolecular Hbond substituents is 1. The molecule has 0 spiro atoms. The van der Waals surface area contributed by atoms with Gasteiger partial charge in [-0.25, -0.2) is 0 Å². The molecule has 222 valence electrons. The molecule has 0 radical (unpaired) electrons. The third kappa shape index (κ3) is 15.5. The number of hydrogen-bond donors (Lipinski definition) is 2. The van der Waals surface area contributed by atoms with E-state index in [9.17, 15) is 9.90 Å². The molecule has 0 saturated carbocycles. The van der Waals surface area contributed by atoms with Crippen LogP contribution < -0.4 is 5.30 Å². The summed E-state index contributed by atoms with van der Waals surface area (Å²) in [4.78, 5) is 11.1. The summed E-state index contributed by atoms with van der Waals surface area (Å²) in [7, 11) is -1.88. The summed E-state index contributed by atoms with van der Waals surface area (Å²) >= 11 is 0. The zero-order valence-corrected chi connectivity index (χ0v) is 26.5. The first-order valence-corrected chi connectivity index (χ1v) is 19.1. The number of aliphatic carboxylic acids is 1. The molecule has 1 rings (SSSR count). The third-order valence-corrected chi connectivity index (χ3v) is 14.0. The van der Waals surface area contributed by atoms with Gasteiger partial charge in [-0.3, -0.25) is 0 Å². The van der Waals surface area contributed by atoms with E-state index in [-0.39, 0.29) is 6.42 Å². The van der Waals surface area contributed by atoms with Crippen molar-refractivity contribution in [2.24, 2.45) is 0 Å². The van der Waals surface area contributed by atoms with Crippen LogP contribution in [0.5, 0.6) is 5.75 Å². The Morgan fingerprint density at radius 3 is 1.47 bits per heavy atom. The van der Waals surface area contributed by atoms with E-state index in [0.717, 1.165) is 6.42 Å². The minimum absolute atomic E-state index is 0.214. The van der Waals surface area contributed by atoms with Crippen LogP contribution in [-0.2, 0) is 11.2 Å². The van der Waals surface area contributed by atoms with E-state index in [1.807, 2.05) is 12.1 Å². The molecule has 0 fully saturated rings. The molecule has 1 aromatic carbocycles. The fourth-order valence-corrected chi connectivity index (χ4v) is 11.6. The zero-order chi connectivity index (χ0) is 27.9. The van der Waals surface area contributed by atoms with Crippen LogP contribution in [0, 0.1) is 0 Å². The van der Waals surface area contributed by atoms with Gasteiger partial charge < -0.3 is 0 Å². The molecule has 4 heteroatoms. The van der Waals surface area contributed by atoms with E-state index in [0.29, 0.717) is 12.2 Å². The number of carbonyl (C=O) groups is 1. The number of benzene rings is 1. The van der Waals surface area contributed by atoms with Gasteiger partial charge in [0.2, 0.25) is 0 Å². The Hall–Kier alpha value is -1.08. The van der Waals surface area contributed by atoms with Crippen molar-refractivity contribution in [1.82, 2.24) is 0 Å². The number of carboxylic acid groups (broad SMARTS) is 1. The van der Waals surface area contributed by atoms with Crippen molar-refractivity contribution in [1.29, 1.82) is 0 Å². The van der Waals surface area contributed by atoms with Gasteiger partial charge in [-0.2, -0.15) is 0 Å².